The van der Waals surface area contributed by atoms with Gasteiger partial charge in [-0.1, -0.05) is 49.4 Å². The molecule has 0 atom stereocenters. The summed E-state index contributed by atoms with van der Waals surface area (Å²) >= 11 is 1.41. The number of aryl methyl sites for hydroxylation is 1. The molecule has 8 nitrogen and oxygen atoms in total. The maximum atomic E-state index is 13.0. The van der Waals surface area contributed by atoms with E-state index in [2.05, 4.69) is 17.1 Å². The van der Waals surface area contributed by atoms with Gasteiger partial charge in [-0.15, -0.1) is 10.2 Å². The predicted octanol–water partition coefficient (Wildman–Crippen LogP) is 3.23. The Hall–Kier alpha value is -3.46. The van der Waals surface area contributed by atoms with E-state index in [0.717, 1.165) is 18.4 Å². The van der Waals surface area contributed by atoms with E-state index in [-0.39, 0.29) is 23.9 Å². The van der Waals surface area contributed by atoms with Crippen LogP contribution in [0.3, 0.4) is 0 Å². The van der Waals surface area contributed by atoms with Crippen molar-refractivity contribution in [2.75, 3.05) is 12.3 Å². The van der Waals surface area contributed by atoms with E-state index in [0.29, 0.717) is 39.7 Å². The van der Waals surface area contributed by atoms with Crippen molar-refractivity contribution in [1.82, 2.24) is 24.1 Å². The highest BCUT2D eigenvalue weighted by Gasteiger charge is 2.34. The normalized spacial score (nSPS) is 13.5. The Labute approximate surface area is 187 Å². The largest absolute Gasteiger partial charge is 0.276 e. The van der Waals surface area contributed by atoms with Crippen LogP contribution in [0.1, 0.15) is 40.5 Å². The highest BCUT2D eigenvalue weighted by Crippen LogP contribution is 2.25. The fraction of sp³-hybridized carbons (Fsp3) is 0.261. The van der Waals surface area contributed by atoms with Crippen molar-refractivity contribution in [1.29, 1.82) is 0 Å². The second kappa shape index (κ2) is 8.23. The molecule has 0 spiro atoms. The molecule has 1 aliphatic rings. The molecule has 0 radical (unpaired) electrons. The smallest absolute Gasteiger partial charge is 0.262 e. The number of carbonyl (C=O) groups is 2. The minimum absolute atomic E-state index is 0.0727. The molecule has 2 aromatic carbocycles. The van der Waals surface area contributed by atoms with Gasteiger partial charge in [-0.2, -0.15) is 0 Å². The summed E-state index contributed by atoms with van der Waals surface area (Å²) in [6, 6.07) is 14.3. The zero-order chi connectivity index (χ0) is 22.2. The molecule has 162 valence electrons. The summed E-state index contributed by atoms with van der Waals surface area (Å²) in [5, 5.41) is 9.86. The van der Waals surface area contributed by atoms with Crippen LogP contribution >= 0.6 is 11.8 Å². The van der Waals surface area contributed by atoms with Crippen LogP contribution in [0.15, 0.2) is 58.5 Å². The number of unbranched alkanes of at least 4 members (excludes halogenated alkanes) is 1. The average Bonchev–Trinajstić information content (AvgIpc) is 3.34. The number of benzene rings is 2. The van der Waals surface area contributed by atoms with Crippen molar-refractivity contribution in [2.24, 2.45) is 0 Å². The summed E-state index contributed by atoms with van der Waals surface area (Å²) in [5.74, 6) is 0.437. The molecule has 2 aromatic heterocycles. The van der Waals surface area contributed by atoms with Crippen LogP contribution in [0.25, 0.3) is 16.7 Å². The molecule has 2 amide bonds. The van der Waals surface area contributed by atoms with Crippen molar-refractivity contribution >= 4 is 40.3 Å². The lowest BCUT2D eigenvalue weighted by molar-refractivity contribution is 0.0664. The van der Waals surface area contributed by atoms with E-state index < -0.39 is 0 Å². The molecule has 1 aliphatic heterocycles. The Morgan fingerprint density at radius 3 is 2.28 bits per heavy atom. The van der Waals surface area contributed by atoms with Crippen molar-refractivity contribution < 1.29 is 9.59 Å². The average molecular weight is 448 g/mol. The summed E-state index contributed by atoms with van der Waals surface area (Å²) < 4.78 is 3.56. The molecular weight excluding hydrogens is 426 g/mol. The van der Waals surface area contributed by atoms with E-state index in [1.54, 1.807) is 28.8 Å². The van der Waals surface area contributed by atoms with E-state index in [1.807, 2.05) is 28.7 Å². The van der Waals surface area contributed by atoms with Crippen LogP contribution in [0, 0.1) is 0 Å². The van der Waals surface area contributed by atoms with Crippen molar-refractivity contribution in [3.8, 4) is 0 Å². The SMILES string of the molecule is CCCCn1c(=O)c2ccccc2n2c(SCCN3C(=O)c4ccccc4C3=O)nnc12. The third kappa shape index (κ3) is 3.20. The maximum Gasteiger partial charge on any atom is 0.262 e. The van der Waals surface area contributed by atoms with E-state index in [4.69, 9.17) is 0 Å². The van der Waals surface area contributed by atoms with Crippen molar-refractivity contribution in [3.63, 3.8) is 0 Å². The minimum atomic E-state index is -0.267. The first-order valence-corrected chi connectivity index (χ1v) is 11.5. The molecule has 0 saturated carbocycles. The lowest BCUT2D eigenvalue weighted by Gasteiger charge is -2.13. The Morgan fingerprint density at radius 2 is 1.56 bits per heavy atom. The minimum Gasteiger partial charge on any atom is -0.276 e. The first kappa shape index (κ1) is 20.4. The first-order valence-electron chi connectivity index (χ1n) is 10.6. The third-order valence-corrected chi connectivity index (χ3v) is 6.55. The molecule has 32 heavy (non-hydrogen) atoms. The highest BCUT2D eigenvalue weighted by atomic mass is 32.2. The van der Waals surface area contributed by atoms with Crippen molar-refractivity contribution in [3.05, 3.63) is 70.0 Å². The quantitative estimate of drug-likeness (QED) is 0.319. The van der Waals surface area contributed by atoms with Gasteiger partial charge in [0.2, 0.25) is 5.78 Å². The van der Waals surface area contributed by atoms with Gasteiger partial charge < -0.3 is 0 Å². The number of para-hydroxylation sites is 1. The highest BCUT2D eigenvalue weighted by molar-refractivity contribution is 7.99. The lowest BCUT2D eigenvalue weighted by atomic mass is 10.1. The fourth-order valence-corrected chi connectivity index (χ4v) is 4.88. The fourth-order valence-electron chi connectivity index (χ4n) is 4.02. The van der Waals surface area contributed by atoms with Gasteiger partial charge in [-0.05, 0) is 30.7 Å². The van der Waals surface area contributed by atoms with Gasteiger partial charge in [0.15, 0.2) is 5.16 Å². The molecule has 9 heteroatoms. The molecule has 4 aromatic rings. The molecule has 0 bridgehead atoms. The summed E-state index contributed by atoms with van der Waals surface area (Å²) in [4.78, 5) is 39.5. The summed E-state index contributed by atoms with van der Waals surface area (Å²) in [6.45, 7) is 2.91. The maximum absolute atomic E-state index is 13.0. The number of rotatable bonds is 7. The van der Waals surface area contributed by atoms with Crippen LogP contribution in [-0.4, -0.2) is 48.2 Å². The Morgan fingerprint density at radius 1 is 0.875 bits per heavy atom. The van der Waals surface area contributed by atoms with Crippen LogP contribution < -0.4 is 5.56 Å². The van der Waals surface area contributed by atoms with E-state index in [1.165, 1.54) is 16.7 Å². The van der Waals surface area contributed by atoms with Gasteiger partial charge in [-0.25, -0.2) is 0 Å². The van der Waals surface area contributed by atoms with Gasteiger partial charge in [0.25, 0.3) is 17.4 Å². The van der Waals surface area contributed by atoms with Crippen LogP contribution in [0.5, 0.6) is 0 Å². The monoisotopic (exact) mass is 447 g/mol. The Kier molecular flexibility index (Phi) is 5.26. The van der Waals surface area contributed by atoms with Crippen molar-refractivity contribution in [2.45, 2.75) is 31.5 Å². The number of hydrogen-bond acceptors (Lipinski definition) is 6. The number of fused-ring (bicyclic) bond motifs is 4. The third-order valence-electron chi connectivity index (χ3n) is 5.64. The Bertz CT molecular complexity index is 1390. The second-order valence-electron chi connectivity index (χ2n) is 7.60. The molecule has 0 N–H and O–H groups in total. The standard InChI is InChI=1S/C23H21N5O3S/c1-2-3-12-27-21(31)17-10-6-7-11-18(17)28-22(27)24-25-23(28)32-14-13-26-19(29)15-8-4-5-9-16(15)20(26)30/h4-11H,2-3,12-14H2,1H3. The lowest BCUT2D eigenvalue weighted by Crippen LogP contribution is -2.31. The van der Waals surface area contributed by atoms with E-state index in [9.17, 15) is 14.4 Å². The molecular formula is C23H21N5O3S. The predicted molar refractivity (Wildman–Crippen MR) is 122 cm³/mol. The summed E-state index contributed by atoms with van der Waals surface area (Å²) in [7, 11) is 0. The zero-order valence-corrected chi connectivity index (χ0v) is 18.3. The molecule has 3 heterocycles. The number of hydrogen-bond donors (Lipinski definition) is 0. The topological polar surface area (TPSA) is 89.6 Å². The molecule has 5 rings (SSSR count). The number of aromatic nitrogens is 4. The van der Waals surface area contributed by atoms with Gasteiger partial charge in [0.1, 0.15) is 0 Å². The first-order chi connectivity index (χ1) is 15.6. The molecule has 0 saturated heterocycles. The van der Waals surface area contributed by atoms with E-state index >= 15 is 0 Å². The van der Waals surface area contributed by atoms with Gasteiger partial charge in [0.05, 0.1) is 22.0 Å². The molecule has 0 aliphatic carbocycles. The number of nitrogens with zero attached hydrogens (tertiary/aromatic N) is 5. The summed E-state index contributed by atoms with van der Waals surface area (Å²) in [5.41, 5.74) is 1.56. The van der Waals surface area contributed by atoms with Crippen LogP contribution in [0.2, 0.25) is 0 Å². The van der Waals surface area contributed by atoms with Gasteiger partial charge in [0, 0.05) is 18.8 Å². The zero-order valence-electron chi connectivity index (χ0n) is 17.5. The van der Waals surface area contributed by atoms with Crippen LogP contribution in [0.4, 0.5) is 0 Å². The molecule has 0 unspecified atom stereocenters. The molecule has 0 fully saturated rings. The number of carbonyl (C=O) groups excluding carboxylic acids is 2. The second-order valence-corrected chi connectivity index (χ2v) is 8.66. The number of thioether (sulfide) groups is 1. The van der Waals surface area contributed by atoms with Crippen LogP contribution in [-0.2, 0) is 6.54 Å². The summed E-state index contributed by atoms with van der Waals surface area (Å²) in [6.07, 6.45) is 1.82. The number of imide groups is 1. The Balaban J connectivity index is 1.45. The van der Waals surface area contributed by atoms with Gasteiger partial charge in [-0.3, -0.25) is 28.3 Å². The van der Waals surface area contributed by atoms with Gasteiger partial charge >= 0.3 is 0 Å². The number of amides is 2.